The summed E-state index contributed by atoms with van der Waals surface area (Å²) < 4.78 is 0. The highest BCUT2D eigenvalue weighted by Gasteiger charge is 2.18. The highest BCUT2D eigenvalue weighted by atomic mass is 16.1. The van der Waals surface area contributed by atoms with E-state index in [-0.39, 0.29) is 5.91 Å². The minimum Gasteiger partial charge on any atom is -0.359 e. The van der Waals surface area contributed by atoms with Crippen LogP contribution in [0.3, 0.4) is 0 Å². The third kappa shape index (κ3) is 5.83. The van der Waals surface area contributed by atoms with Crippen molar-refractivity contribution in [1.82, 2.24) is 15.5 Å². The fourth-order valence-corrected chi connectivity index (χ4v) is 2.54. The summed E-state index contributed by atoms with van der Waals surface area (Å²) in [6, 6.07) is 0.566. The van der Waals surface area contributed by atoms with E-state index < -0.39 is 0 Å². The van der Waals surface area contributed by atoms with Crippen LogP contribution in [-0.4, -0.2) is 50.1 Å². The third-order valence-electron chi connectivity index (χ3n) is 3.75. The molecular formula is C14H29N3O. The van der Waals surface area contributed by atoms with Crippen LogP contribution in [0.5, 0.6) is 0 Å². The first-order valence-corrected chi connectivity index (χ1v) is 7.28. The molecule has 1 unspecified atom stereocenters. The summed E-state index contributed by atoms with van der Waals surface area (Å²) in [5, 5.41) is 6.15. The Balaban J connectivity index is 2.27. The predicted molar refractivity (Wildman–Crippen MR) is 75.6 cm³/mol. The number of hydrogen-bond acceptors (Lipinski definition) is 3. The molecule has 0 bridgehead atoms. The van der Waals surface area contributed by atoms with Gasteiger partial charge in [-0.3, -0.25) is 4.79 Å². The monoisotopic (exact) mass is 255 g/mol. The third-order valence-corrected chi connectivity index (χ3v) is 3.75. The van der Waals surface area contributed by atoms with Crippen LogP contribution >= 0.6 is 0 Å². The molecular weight excluding hydrogens is 226 g/mol. The first kappa shape index (κ1) is 15.4. The van der Waals surface area contributed by atoms with Crippen LogP contribution in [0.1, 0.15) is 39.5 Å². The van der Waals surface area contributed by atoms with Crippen molar-refractivity contribution < 1.29 is 4.79 Å². The molecule has 0 aromatic heterocycles. The molecule has 1 aliphatic rings. The Kier molecular flexibility index (Phi) is 7.28. The largest absolute Gasteiger partial charge is 0.359 e. The lowest BCUT2D eigenvalue weighted by molar-refractivity contribution is -0.120. The Morgan fingerprint density at radius 3 is 2.83 bits per heavy atom. The Morgan fingerprint density at radius 2 is 2.28 bits per heavy atom. The molecule has 1 amide bonds. The van der Waals surface area contributed by atoms with Crippen molar-refractivity contribution in [3.05, 3.63) is 0 Å². The van der Waals surface area contributed by atoms with Crippen molar-refractivity contribution in [1.29, 1.82) is 0 Å². The Hall–Kier alpha value is -0.610. The van der Waals surface area contributed by atoms with E-state index in [1.165, 1.54) is 25.9 Å². The van der Waals surface area contributed by atoms with E-state index in [9.17, 15) is 4.79 Å². The molecule has 2 N–H and O–H groups in total. The molecule has 1 aliphatic heterocycles. The second-order valence-electron chi connectivity index (χ2n) is 5.58. The maximum atomic E-state index is 11.2. The van der Waals surface area contributed by atoms with Crippen LogP contribution in [0.25, 0.3) is 0 Å². The van der Waals surface area contributed by atoms with Gasteiger partial charge in [-0.05, 0) is 58.7 Å². The molecule has 0 saturated carbocycles. The molecule has 18 heavy (non-hydrogen) atoms. The summed E-state index contributed by atoms with van der Waals surface area (Å²) in [7, 11) is 1.70. The molecule has 106 valence electrons. The zero-order chi connectivity index (χ0) is 13.4. The van der Waals surface area contributed by atoms with E-state index in [1.807, 2.05) is 0 Å². The van der Waals surface area contributed by atoms with Gasteiger partial charge >= 0.3 is 0 Å². The summed E-state index contributed by atoms with van der Waals surface area (Å²) in [4.78, 5) is 13.7. The number of hydrogen-bond donors (Lipinski definition) is 2. The van der Waals surface area contributed by atoms with Crippen molar-refractivity contribution in [2.45, 2.75) is 45.6 Å². The van der Waals surface area contributed by atoms with Crippen molar-refractivity contribution in [2.24, 2.45) is 5.92 Å². The Morgan fingerprint density at radius 1 is 1.50 bits per heavy atom. The number of carbonyl (C=O) groups excluding carboxylic acids is 1. The lowest BCUT2D eigenvalue weighted by Crippen LogP contribution is -2.41. The maximum absolute atomic E-state index is 11.2. The number of amides is 1. The standard InChI is InChI=1S/C14H29N3O/c1-12(2)17(9-5-7-14(18)15-3)11-13-6-4-8-16-10-13/h12-13,16H,4-11H2,1-3H3,(H,15,18). The summed E-state index contributed by atoms with van der Waals surface area (Å²) in [6.07, 6.45) is 4.24. The minimum absolute atomic E-state index is 0.151. The van der Waals surface area contributed by atoms with Crippen LogP contribution in [0.2, 0.25) is 0 Å². The van der Waals surface area contributed by atoms with E-state index >= 15 is 0 Å². The van der Waals surface area contributed by atoms with Crippen molar-refractivity contribution >= 4 is 5.91 Å². The summed E-state index contributed by atoms with van der Waals surface area (Å²) in [5.74, 6) is 0.930. The maximum Gasteiger partial charge on any atom is 0.219 e. The molecule has 1 saturated heterocycles. The van der Waals surface area contributed by atoms with Gasteiger partial charge < -0.3 is 15.5 Å². The van der Waals surface area contributed by atoms with Crippen LogP contribution in [0.15, 0.2) is 0 Å². The van der Waals surface area contributed by atoms with E-state index in [4.69, 9.17) is 0 Å². The highest BCUT2D eigenvalue weighted by Crippen LogP contribution is 2.14. The molecule has 1 rings (SSSR count). The fourth-order valence-electron chi connectivity index (χ4n) is 2.54. The van der Waals surface area contributed by atoms with E-state index in [1.54, 1.807) is 7.05 Å². The molecule has 4 nitrogen and oxygen atoms in total. The fraction of sp³-hybridized carbons (Fsp3) is 0.929. The number of rotatable bonds is 7. The van der Waals surface area contributed by atoms with Gasteiger partial charge in [0.25, 0.3) is 0 Å². The molecule has 0 aliphatic carbocycles. The Labute approximate surface area is 111 Å². The van der Waals surface area contributed by atoms with Crippen LogP contribution < -0.4 is 10.6 Å². The SMILES string of the molecule is CNC(=O)CCCN(CC1CCCNC1)C(C)C. The molecule has 0 spiro atoms. The van der Waals surface area contributed by atoms with Gasteiger partial charge in [-0.2, -0.15) is 0 Å². The van der Waals surface area contributed by atoms with Crippen molar-refractivity contribution in [3.63, 3.8) is 0 Å². The normalized spacial score (nSPS) is 20.4. The van der Waals surface area contributed by atoms with E-state index in [2.05, 4.69) is 29.4 Å². The molecule has 0 radical (unpaired) electrons. The topological polar surface area (TPSA) is 44.4 Å². The average molecular weight is 255 g/mol. The molecule has 0 aromatic carbocycles. The van der Waals surface area contributed by atoms with Gasteiger partial charge in [0, 0.05) is 26.1 Å². The van der Waals surface area contributed by atoms with Gasteiger partial charge in [0.1, 0.15) is 0 Å². The predicted octanol–water partition coefficient (Wildman–Crippen LogP) is 1.22. The highest BCUT2D eigenvalue weighted by molar-refractivity contribution is 5.75. The van der Waals surface area contributed by atoms with Crippen LogP contribution in [-0.2, 0) is 4.79 Å². The zero-order valence-electron chi connectivity index (χ0n) is 12.2. The van der Waals surface area contributed by atoms with Crippen LogP contribution in [0, 0.1) is 5.92 Å². The van der Waals surface area contributed by atoms with Gasteiger partial charge in [0.15, 0.2) is 0 Å². The molecule has 1 heterocycles. The second kappa shape index (κ2) is 8.48. The summed E-state index contributed by atoms with van der Waals surface area (Å²) in [6.45, 7) is 9.01. The van der Waals surface area contributed by atoms with E-state index in [0.29, 0.717) is 12.5 Å². The molecule has 1 fully saturated rings. The van der Waals surface area contributed by atoms with Crippen molar-refractivity contribution in [2.75, 3.05) is 33.2 Å². The smallest absolute Gasteiger partial charge is 0.219 e. The van der Waals surface area contributed by atoms with Gasteiger partial charge in [-0.25, -0.2) is 0 Å². The van der Waals surface area contributed by atoms with Crippen molar-refractivity contribution in [3.8, 4) is 0 Å². The summed E-state index contributed by atoms with van der Waals surface area (Å²) in [5.41, 5.74) is 0. The number of nitrogens with one attached hydrogen (secondary N) is 2. The van der Waals surface area contributed by atoms with Crippen LogP contribution in [0.4, 0.5) is 0 Å². The van der Waals surface area contributed by atoms with Gasteiger partial charge in [0.05, 0.1) is 0 Å². The lowest BCUT2D eigenvalue weighted by Gasteiger charge is -2.32. The minimum atomic E-state index is 0.151. The van der Waals surface area contributed by atoms with E-state index in [0.717, 1.165) is 25.4 Å². The Bertz CT molecular complexity index is 237. The van der Waals surface area contributed by atoms with Gasteiger partial charge in [0.2, 0.25) is 5.91 Å². The molecule has 1 atom stereocenters. The second-order valence-corrected chi connectivity index (χ2v) is 5.58. The number of carbonyl (C=O) groups is 1. The van der Waals surface area contributed by atoms with Gasteiger partial charge in [-0.1, -0.05) is 0 Å². The number of piperidine rings is 1. The average Bonchev–Trinajstić information content (AvgIpc) is 2.38. The molecule has 4 heteroatoms. The summed E-state index contributed by atoms with van der Waals surface area (Å²) >= 11 is 0. The lowest BCUT2D eigenvalue weighted by atomic mass is 9.98. The quantitative estimate of drug-likeness (QED) is 0.719. The zero-order valence-corrected chi connectivity index (χ0v) is 12.2. The first-order chi connectivity index (χ1) is 8.63. The number of nitrogens with zero attached hydrogens (tertiary/aromatic N) is 1. The van der Waals surface area contributed by atoms with Gasteiger partial charge in [-0.15, -0.1) is 0 Å². The first-order valence-electron chi connectivity index (χ1n) is 7.28. The molecule has 0 aromatic rings.